The highest BCUT2D eigenvalue weighted by Crippen LogP contribution is 2.47. The quantitative estimate of drug-likeness (QED) is 0.279. The molecule has 1 aromatic heterocycles. The van der Waals surface area contributed by atoms with Crippen molar-refractivity contribution in [2.75, 3.05) is 13.6 Å². The van der Waals surface area contributed by atoms with E-state index < -0.39 is 0 Å². The zero-order valence-electron chi connectivity index (χ0n) is 17.1. The summed E-state index contributed by atoms with van der Waals surface area (Å²) in [6, 6.07) is 14.9. The van der Waals surface area contributed by atoms with Crippen molar-refractivity contribution >= 4 is 29.9 Å². The maximum Gasteiger partial charge on any atom is 0.226 e. The Balaban J connectivity index is 0.00000256. The van der Waals surface area contributed by atoms with Crippen LogP contribution in [0.2, 0.25) is 0 Å². The summed E-state index contributed by atoms with van der Waals surface area (Å²) >= 11 is 0. The highest BCUT2D eigenvalue weighted by Gasteiger charge is 2.44. The molecule has 1 aliphatic carbocycles. The first kappa shape index (κ1) is 22.3. The van der Waals surface area contributed by atoms with Crippen LogP contribution in [0.15, 0.2) is 64.2 Å². The van der Waals surface area contributed by atoms with Gasteiger partial charge in [0.2, 0.25) is 5.89 Å². The Morgan fingerprint density at radius 3 is 2.43 bits per heavy atom. The van der Waals surface area contributed by atoms with Crippen molar-refractivity contribution in [3.05, 3.63) is 77.4 Å². The molecular formula is C23H26FIN4O. The molecule has 0 bridgehead atoms. The maximum absolute atomic E-state index is 13.2. The summed E-state index contributed by atoms with van der Waals surface area (Å²) in [5, 5.41) is 6.66. The van der Waals surface area contributed by atoms with Gasteiger partial charge in [-0.25, -0.2) is 9.37 Å². The molecule has 2 aromatic carbocycles. The average Bonchev–Trinajstić information content (AvgIpc) is 3.38. The predicted molar refractivity (Wildman–Crippen MR) is 128 cm³/mol. The van der Waals surface area contributed by atoms with Crippen LogP contribution in [0.3, 0.4) is 0 Å². The van der Waals surface area contributed by atoms with E-state index in [9.17, 15) is 4.39 Å². The minimum Gasteiger partial charge on any atom is -0.444 e. The highest BCUT2D eigenvalue weighted by molar-refractivity contribution is 14.0. The van der Waals surface area contributed by atoms with Crippen molar-refractivity contribution in [1.29, 1.82) is 0 Å². The lowest BCUT2D eigenvalue weighted by molar-refractivity contribution is 0.572. The van der Waals surface area contributed by atoms with Crippen LogP contribution in [0, 0.1) is 12.7 Å². The summed E-state index contributed by atoms with van der Waals surface area (Å²) in [4.78, 5) is 8.84. The number of benzene rings is 2. The van der Waals surface area contributed by atoms with Crippen LogP contribution in [0.1, 0.15) is 29.7 Å². The molecule has 3 aromatic rings. The summed E-state index contributed by atoms with van der Waals surface area (Å²) in [5.74, 6) is 1.11. The number of aromatic nitrogens is 1. The Morgan fingerprint density at radius 1 is 1.10 bits per heavy atom. The van der Waals surface area contributed by atoms with Gasteiger partial charge in [0.15, 0.2) is 5.96 Å². The molecule has 1 fully saturated rings. The molecule has 0 atom stereocenters. The lowest BCUT2D eigenvalue weighted by Gasteiger charge is -2.18. The summed E-state index contributed by atoms with van der Waals surface area (Å²) in [6.45, 7) is 3.32. The third-order valence-electron chi connectivity index (χ3n) is 5.42. The first-order chi connectivity index (χ1) is 14.1. The van der Waals surface area contributed by atoms with Crippen molar-refractivity contribution in [2.45, 2.75) is 31.7 Å². The fourth-order valence-electron chi connectivity index (χ4n) is 3.39. The number of aryl methyl sites for hydroxylation is 1. The zero-order chi connectivity index (χ0) is 20.3. The van der Waals surface area contributed by atoms with Gasteiger partial charge in [-0.15, -0.1) is 24.0 Å². The third-order valence-corrected chi connectivity index (χ3v) is 5.42. The number of aliphatic imine (C=N–C) groups is 1. The van der Waals surface area contributed by atoms with Gasteiger partial charge in [-0.3, -0.25) is 4.99 Å². The van der Waals surface area contributed by atoms with Gasteiger partial charge in [0.25, 0.3) is 0 Å². The van der Waals surface area contributed by atoms with E-state index in [-0.39, 0.29) is 35.2 Å². The Bertz CT molecular complexity index is 995. The van der Waals surface area contributed by atoms with Crippen LogP contribution in [0.5, 0.6) is 0 Å². The standard InChI is InChI=1S/C23H25FN4O.HI/c1-16-3-5-17(6-4-16)21-28-20(14-29-21)13-26-22(25-2)27-15-23(11-12-23)18-7-9-19(24)10-8-18;/h3-10,14H,11-13,15H2,1-2H3,(H2,25,26,27);1H. The second-order valence-corrected chi connectivity index (χ2v) is 7.58. The smallest absolute Gasteiger partial charge is 0.226 e. The average molecular weight is 520 g/mol. The van der Waals surface area contributed by atoms with Crippen molar-refractivity contribution in [1.82, 2.24) is 15.6 Å². The van der Waals surface area contributed by atoms with Crippen LogP contribution in [-0.2, 0) is 12.0 Å². The normalized spacial score (nSPS) is 14.7. The summed E-state index contributed by atoms with van der Waals surface area (Å²) in [7, 11) is 1.74. The Morgan fingerprint density at radius 2 is 1.80 bits per heavy atom. The van der Waals surface area contributed by atoms with E-state index in [1.807, 2.05) is 36.4 Å². The third kappa shape index (κ3) is 5.19. The molecule has 1 heterocycles. The van der Waals surface area contributed by atoms with E-state index in [0.29, 0.717) is 18.4 Å². The van der Waals surface area contributed by atoms with Crippen molar-refractivity contribution in [3.8, 4) is 11.5 Å². The molecule has 7 heteroatoms. The number of hydrogen-bond donors (Lipinski definition) is 2. The Kier molecular flexibility index (Phi) is 7.12. The summed E-state index contributed by atoms with van der Waals surface area (Å²) < 4.78 is 18.8. The van der Waals surface area contributed by atoms with Gasteiger partial charge in [0, 0.05) is 24.6 Å². The molecule has 2 N–H and O–H groups in total. The van der Waals surface area contributed by atoms with Crippen LogP contribution < -0.4 is 10.6 Å². The lowest BCUT2D eigenvalue weighted by Crippen LogP contribution is -2.40. The van der Waals surface area contributed by atoms with Crippen LogP contribution in [0.25, 0.3) is 11.5 Å². The van der Waals surface area contributed by atoms with Crippen molar-refractivity contribution in [2.24, 2.45) is 4.99 Å². The SMILES string of the molecule is CN=C(NCc1coc(-c2ccc(C)cc2)n1)NCC1(c2ccc(F)cc2)CC1.I. The van der Waals surface area contributed by atoms with Gasteiger partial charge >= 0.3 is 0 Å². The molecule has 1 aliphatic rings. The first-order valence-electron chi connectivity index (χ1n) is 9.80. The van der Waals surface area contributed by atoms with E-state index in [1.54, 1.807) is 13.3 Å². The first-order valence-corrected chi connectivity index (χ1v) is 9.80. The summed E-state index contributed by atoms with van der Waals surface area (Å²) in [6.07, 6.45) is 3.84. The molecule has 5 nitrogen and oxygen atoms in total. The van der Waals surface area contributed by atoms with Gasteiger partial charge in [-0.2, -0.15) is 0 Å². The fourth-order valence-corrected chi connectivity index (χ4v) is 3.39. The number of nitrogens with one attached hydrogen (secondary N) is 2. The molecule has 0 radical (unpaired) electrons. The lowest BCUT2D eigenvalue weighted by atomic mass is 9.96. The van der Waals surface area contributed by atoms with E-state index in [0.717, 1.165) is 30.6 Å². The second-order valence-electron chi connectivity index (χ2n) is 7.58. The van der Waals surface area contributed by atoms with Crippen LogP contribution in [-0.4, -0.2) is 24.5 Å². The van der Waals surface area contributed by atoms with E-state index in [2.05, 4.69) is 27.5 Å². The molecule has 0 aliphatic heterocycles. The number of guanidine groups is 1. The number of nitrogens with zero attached hydrogens (tertiary/aromatic N) is 2. The minimum absolute atomic E-state index is 0. The molecule has 0 saturated heterocycles. The molecule has 0 spiro atoms. The summed E-state index contributed by atoms with van der Waals surface area (Å²) in [5.41, 5.74) is 4.20. The molecule has 158 valence electrons. The topological polar surface area (TPSA) is 62.5 Å². The fraction of sp³-hybridized carbons (Fsp3) is 0.304. The molecule has 0 amide bonds. The van der Waals surface area contributed by atoms with E-state index >= 15 is 0 Å². The highest BCUT2D eigenvalue weighted by atomic mass is 127. The van der Waals surface area contributed by atoms with Crippen LogP contribution in [0.4, 0.5) is 4.39 Å². The monoisotopic (exact) mass is 520 g/mol. The molecule has 4 rings (SSSR count). The Labute approximate surface area is 193 Å². The van der Waals surface area contributed by atoms with Crippen LogP contribution >= 0.6 is 24.0 Å². The minimum atomic E-state index is -0.201. The number of oxazole rings is 1. The van der Waals surface area contributed by atoms with E-state index in [4.69, 9.17) is 4.42 Å². The van der Waals surface area contributed by atoms with Gasteiger partial charge in [-0.05, 0) is 49.6 Å². The van der Waals surface area contributed by atoms with E-state index in [1.165, 1.54) is 23.3 Å². The van der Waals surface area contributed by atoms with Crippen molar-refractivity contribution < 1.29 is 8.81 Å². The van der Waals surface area contributed by atoms with Gasteiger partial charge in [-0.1, -0.05) is 29.8 Å². The van der Waals surface area contributed by atoms with Gasteiger partial charge in [0.1, 0.15) is 12.1 Å². The number of rotatable bonds is 6. The number of halogens is 2. The van der Waals surface area contributed by atoms with Crippen molar-refractivity contribution in [3.63, 3.8) is 0 Å². The molecule has 30 heavy (non-hydrogen) atoms. The zero-order valence-corrected chi connectivity index (χ0v) is 19.4. The maximum atomic E-state index is 13.2. The van der Waals surface area contributed by atoms with Gasteiger partial charge < -0.3 is 15.1 Å². The Hall–Kier alpha value is -2.42. The second kappa shape index (κ2) is 9.59. The predicted octanol–water partition coefficient (Wildman–Crippen LogP) is 4.80. The molecule has 0 unspecified atom stereocenters. The van der Waals surface area contributed by atoms with Gasteiger partial charge in [0.05, 0.1) is 12.2 Å². The largest absolute Gasteiger partial charge is 0.444 e. The molecule has 1 saturated carbocycles. The molecular weight excluding hydrogens is 494 g/mol. The number of hydrogen-bond acceptors (Lipinski definition) is 3.